The van der Waals surface area contributed by atoms with Crippen molar-refractivity contribution < 1.29 is 24.9 Å². The summed E-state index contributed by atoms with van der Waals surface area (Å²) >= 11 is 0. The Morgan fingerprint density at radius 3 is 2.31 bits per heavy atom. The first kappa shape index (κ1) is 25.4. The fourth-order valence-corrected chi connectivity index (χ4v) is 10.9. The van der Waals surface area contributed by atoms with E-state index in [1.54, 1.807) is 0 Å². The lowest BCUT2D eigenvalue weighted by atomic mass is 9.33. The Morgan fingerprint density at radius 2 is 1.69 bits per heavy atom. The van der Waals surface area contributed by atoms with Crippen molar-refractivity contribution in [1.82, 2.24) is 0 Å². The summed E-state index contributed by atoms with van der Waals surface area (Å²) in [6, 6.07) is 0. The number of hydrogen-bond donors (Lipinski definition) is 3. The highest BCUT2D eigenvalue weighted by Crippen LogP contribution is 2.75. The zero-order valence-corrected chi connectivity index (χ0v) is 22.5. The Hall–Kier alpha value is -1.20. The second-order valence-corrected chi connectivity index (χ2v) is 14.3. The lowest BCUT2D eigenvalue weighted by Gasteiger charge is -2.71. The summed E-state index contributed by atoms with van der Waals surface area (Å²) in [6.45, 7) is 13.5. The fraction of sp³-hybridized carbons (Fsp3) is 0.867. The van der Waals surface area contributed by atoms with Gasteiger partial charge in [0.2, 0.25) is 0 Å². The van der Waals surface area contributed by atoms with E-state index in [1.165, 1.54) is 5.57 Å². The SMILES string of the molecule is CC1CCC2(C(=O)O)CCC3(C)C(=CCC4C5(C)CC(O)C(O)C(C)(C=O)C5CCC43C)C2C1C. The predicted octanol–water partition coefficient (Wildman–Crippen LogP) is 5.24. The van der Waals surface area contributed by atoms with Gasteiger partial charge in [-0.15, -0.1) is 0 Å². The topological polar surface area (TPSA) is 94.8 Å². The highest BCUT2D eigenvalue weighted by Gasteiger charge is 2.70. The first-order valence-electron chi connectivity index (χ1n) is 14.0. The van der Waals surface area contributed by atoms with E-state index in [0.717, 1.165) is 51.2 Å². The van der Waals surface area contributed by atoms with E-state index in [-0.39, 0.29) is 34.0 Å². The lowest BCUT2D eigenvalue weighted by Crippen LogP contribution is -2.68. The number of hydrogen-bond acceptors (Lipinski definition) is 4. The molecule has 35 heavy (non-hydrogen) atoms. The van der Waals surface area contributed by atoms with Crippen LogP contribution in [0.15, 0.2) is 11.6 Å². The Balaban J connectivity index is 1.63. The largest absolute Gasteiger partial charge is 0.481 e. The Labute approximate surface area is 210 Å². The number of rotatable bonds is 2. The van der Waals surface area contributed by atoms with Crippen molar-refractivity contribution in [2.75, 3.05) is 0 Å². The second kappa shape index (κ2) is 7.66. The molecular formula is C30H46O5. The number of aliphatic hydroxyl groups excluding tert-OH is 2. The van der Waals surface area contributed by atoms with E-state index in [9.17, 15) is 24.9 Å². The van der Waals surface area contributed by atoms with Gasteiger partial charge in [-0.2, -0.15) is 0 Å². The molecule has 4 saturated carbocycles. The molecule has 196 valence electrons. The molecule has 0 aromatic heterocycles. The minimum absolute atomic E-state index is 0.0258. The van der Waals surface area contributed by atoms with Crippen LogP contribution >= 0.6 is 0 Å². The summed E-state index contributed by atoms with van der Waals surface area (Å²) in [5, 5.41) is 32.3. The van der Waals surface area contributed by atoms with Gasteiger partial charge < -0.3 is 20.1 Å². The van der Waals surface area contributed by atoms with Crippen LogP contribution in [-0.2, 0) is 9.59 Å². The number of aliphatic carboxylic acids is 1. The average Bonchev–Trinajstić information content (AvgIpc) is 2.80. The zero-order valence-electron chi connectivity index (χ0n) is 22.5. The van der Waals surface area contributed by atoms with Crippen molar-refractivity contribution >= 4 is 12.3 Å². The molecular weight excluding hydrogens is 440 g/mol. The molecule has 0 heterocycles. The molecule has 0 bridgehead atoms. The fourth-order valence-electron chi connectivity index (χ4n) is 10.9. The van der Waals surface area contributed by atoms with Crippen LogP contribution < -0.4 is 0 Å². The van der Waals surface area contributed by atoms with E-state index in [4.69, 9.17) is 0 Å². The van der Waals surface area contributed by atoms with Crippen molar-refractivity contribution in [3.8, 4) is 0 Å². The molecule has 5 rings (SSSR count). The van der Waals surface area contributed by atoms with Crippen LogP contribution in [0.1, 0.15) is 92.9 Å². The Bertz CT molecular complexity index is 958. The number of carboxylic acid groups (broad SMARTS) is 1. The molecule has 5 aliphatic carbocycles. The molecule has 0 aliphatic heterocycles. The van der Waals surface area contributed by atoms with Crippen LogP contribution in [-0.4, -0.2) is 39.8 Å². The van der Waals surface area contributed by atoms with Crippen molar-refractivity contribution in [3.05, 3.63) is 11.6 Å². The molecule has 4 fully saturated rings. The van der Waals surface area contributed by atoms with Gasteiger partial charge >= 0.3 is 5.97 Å². The van der Waals surface area contributed by atoms with Crippen molar-refractivity contribution in [2.24, 2.45) is 56.7 Å². The quantitative estimate of drug-likeness (QED) is 0.367. The molecule has 0 aromatic rings. The molecule has 5 heteroatoms. The number of allylic oxidation sites excluding steroid dienone is 2. The summed E-state index contributed by atoms with van der Waals surface area (Å²) in [5.74, 6) is 0.610. The number of fused-ring (bicyclic) bond motifs is 7. The smallest absolute Gasteiger partial charge is 0.310 e. The van der Waals surface area contributed by atoms with Gasteiger partial charge in [-0.1, -0.05) is 53.2 Å². The molecule has 0 amide bonds. The van der Waals surface area contributed by atoms with Gasteiger partial charge in [-0.05, 0) is 97.2 Å². The number of carbonyl (C=O) groups excluding carboxylic acids is 1. The highest BCUT2D eigenvalue weighted by atomic mass is 16.4. The molecule has 0 radical (unpaired) electrons. The van der Waals surface area contributed by atoms with Crippen molar-refractivity contribution in [3.63, 3.8) is 0 Å². The summed E-state index contributed by atoms with van der Waals surface area (Å²) in [5.41, 5.74) is -0.615. The molecule has 0 spiro atoms. The average molecular weight is 487 g/mol. The Morgan fingerprint density at radius 1 is 1.00 bits per heavy atom. The summed E-state index contributed by atoms with van der Waals surface area (Å²) in [6.07, 6.45) is 7.94. The number of aldehydes is 1. The summed E-state index contributed by atoms with van der Waals surface area (Å²) in [4.78, 5) is 25.2. The van der Waals surface area contributed by atoms with Crippen LogP contribution in [0.25, 0.3) is 0 Å². The molecule has 5 nitrogen and oxygen atoms in total. The van der Waals surface area contributed by atoms with Crippen LogP contribution in [0.4, 0.5) is 0 Å². The van der Waals surface area contributed by atoms with Crippen LogP contribution in [0.2, 0.25) is 0 Å². The third-order valence-electron chi connectivity index (χ3n) is 13.3. The zero-order chi connectivity index (χ0) is 25.8. The highest BCUT2D eigenvalue weighted by molar-refractivity contribution is 5.76. The van der Waals surface area contributed by atoms with E-state index >= 15 is 0 Å². The standard InChI is InChI=1S/C30H46O5/c1-17-9-12-30(25(34)35)14-13-28(5)19(23(30)18(17)2)7-8-22-26(3)15-20(32)24(33)27(4,16-31)21(26)10-11-29(22,28)6/h7,16-18,20-24,32-33H,8-15H2,1-6H3,(H,34,35). The minimum atomic E-state index is -1.02. The minimum Gasteiger partial charge on any atom is -0.481 e. The van der Waals surface area contributed by atoms with E-state index in [1.807, 2.05) is 6.92 Å². The number of aliphatic hydroxyl groups is 2. The predicted molar refractivity (Wildman–Crippen MR) is 134 cm³/mol. The van der Waals surface area contributed by atoms with Crippen molar-refractivity contribution in [1.29, 1.82) is 0 Å². The van der Waals surface area contributed by atoms with Crippen LogP contribution in [0.3, 0.4) is 0 Å². The van der Waals surface area contributed by atoms with Gasteiger partial charge in [0.05, 0.1) is 23.0 Å². The third kappa shape index (κ3) is 2.89. The first-order chi connectivity index (χ1) is 16.2. The van der Waals surface area contributed by atoms with Gasteiger partial charge in [0.25, 0.3) is 0 Å². The van der Waals surface area contributed by atoms with Gasteiger partial charge in [0, 0.05) is 0 Å². The normalized spacial score (nSPS) is 57.6. The number of carbonyl (C=O) groups is 2. The summed E-state index contributed by atoms with van der Waals surface area (Å²) in [7, 11) is 0. The molecule has 3 N–H and O–H groups in total. The van der Waals surface area contributed by atoms with Gasteiger partial charge in [-0.3, -0.25) is 4.79 Å². The molecule has 0 saturated heterocycles. The second-order valence-electron chi connectivity index (χ2n) is 14.3. The maximum absolute atomic E-state index is 12.8. The number of carboxylic acids is 1. The first-order valence-corrected chi connectivity index (χ1v) is 14.0. The maximum Gasteiger partial charge on any atom is 0.310 e. The van der Waals surface area contributed by atoms with Gasteiger partial charge in [0.1, 0.15) is 6.29 Å². The third-order valence-corrected chi connectivity index (χ3v) is 13.3. The molecule has 0 aromatic carbocycles. The van der Waals surface area contributed by atoms with Gasteiger partial charge in [-0.25, -0.2) is 0 Å². The lowest BCUT2D eigenvalue weighted by molar-refractivity contribution is -0.229. The summed E-state index contributed by atoms with van der Waals surface area (Å²) < 4.78 is 0. The monoisotopic (exact) mass is 486 g/mol. The maximum atomic E-state index is 12.8. The van der Waals surface area contributed by atoms with Crippen molar-refractivity contribution in [2.45, 2.75) is 105 Å². The molecule has 12 atom stereocenters. The molecule has 12 unspecified atom stereocenters. The van der Waals surface area contributed by atoms with Gasteiger partial charge in [0.15, 0.2) is 0 Å². The van der Waals surface area contributed by atoms with E-state index < -0.39 is 29.0 Å². The van der Waals surface area contributed by atoms with Crippen LogP contribution in [0, 0.1) is 56.7 Å². The Kier molecular flexibility index (Phi) is 5.57. The van der Waals surface area contributed by atoms with Crippen LogP contribution in [0.5, 0.6) is 0 Å². The van der Waals surface area contributed by atoms with E-state index in [2.05, 4.69) is 40.7 Å². The molecule has 5 aliphatic rings. The van der Waals surface area contributed by atoms with E-state index in [0.29, 0.717) is 18.3 Å².